The van der Waals surface area contributed by atoms with Crippen molar-refractivity contribution < 1.29 is 5.11 Å². The van der Waals surface area contributed by atoms with Crippen LogP contribution < -0.4 is 0 Å². The molecule has 0 amide bonds. The summed E-state index contributed by atoms with van der Waals surface area (Å²) in [5, 5.41) is 14.9. The van der Waals surface area contributed by atoms with Crippen molar-refractivity contribution in [3.8, 4) is 5.75 Å². The highest BCUT2D eigenvalue weighted by Gasteiger charge is 2.09. The molecule has 0 saturated carbocycles. The summed E-state index contributed by atoms with van der Waals surface area (Å²) < 4.78 is 1.77. The number of rotatable bonds is 1. The summed E-state index contributed by atoms with van der Waals surface area (Å²) in [6, 6.07) is 3.51. The maximum absolute atomic E-state index is 9.52. The number of aryl methyl sites for hydroxylation is 1. The Balaban J connectivity index is 2.79. The SMILES string of the molecule is CC(C)c1cc(O)cc2nn(C)cc12. The van der Waals surface area contributed by atoms with Crippen molar-refractivity contribution in [3.63, 3.8) is 0 Å². The second-order valence-electron chi connectivity index (χ2n) is 3.93. The second kappa shape index (κ2) is 3.01. The molecule has 0 aliphatic heterocycles. The van der Waals surface area contributed by atoms with Crippen LogP contribution in [0, 0.1) is 0 Å². The zero-order valence-electron chi connectivity index (χ0n) is 8.65. The molecule has 1 aromatic heterocycles. The van der Waals surface area contributed by atoms with Gasteiger partial charge in [0.25, 0.3) is 0 Å². The molecule has 1 N–H and O–H groups in total. The quantitative estimate of drug-likeness (QED) is 0.749. The third-order valence-corrected chi connectivity index (χ3v) is 2.38. The molecule has 74 valence electrons. The summed E-state index contributed by atoms with van der Waals surface area (Å²) in [6.07, 6.45) is 1.99. The van der Waals surface area contributed by atoms with E-state index < -0.39 is 0 Å². The highest BCUT2D eigenvalue weighted by atomic mass is 16.3. The summed E-state index contributed by atoms with van der Waals surface area (Å²) in [4.78, 5) is 0. The normalized spacial score (nSPS) is 11.4. The van der Waals surface area contributed by atoms with Gasteiger partial charge in [-0.3, -0.25) is 4.68 Å². The molecule has 2 rings (SSSR count). The summed E-state index contributed by atoms with van der Waals surface area (Å²) in [5.74, 6) is 0.689. The van der Waals surface area contributed by atoms with Gasteiger partial charge in [-0.05, 0) is 17.5 Å². The second-order valence-corrected chi connectivity index (χ2v) is 3.93. The van der Waals surface area contributed by atoms with Crippen LogP contribution in [0.3, 0.4) is 0 Å². The molecule has 3 heteroatoms. The van der Waals surface area contributed by atoms with Gasteiger partial charge in [-0.2, -0.15) is 5.10 Å². The first kappa shape index (κ1) is 9.06. The van der Waals surface area contributed by atoms with Crippen LogP contribution in [0.2, 0.25) is 0 Å². The molecule has 0 radical (unpaired) electrons. The van der Waals surface area contributed by atoms with Crippen LogP contribution in [-0.2, 0) is 7.05 Å². The largest absolute Gasteiger partial charge is 0.508 e. The van der Waals surface area contributed by atoms with Crippen molar-refractivity contribution in [3.05, 3.63) is 23.9 Å². The number of hydrogen-bond donors (Lipinski definition) is 1. The first-order valence-electron chi connectivity index (χ1n) is 4.74. The van der Waals surface area contributed by atoms with Gasteiger partial charge in [-0.1, -0.05) is 13.8 Å². The average Bonchev–Trinajstić information content (AvgIpc) is 2.42. The minimum Gasteiger partial charge on any atom is -0.508 e. The summed E-state index contributed by atoms with van der Waals surface area (Å²) >= 11 is 0. The van der Waals surface area contributed by atoms with E-state index in [1.807, 2.05) is 19.3 Å². The summed E-state index contributed by atoms with van der Waals surface area (Å²) in [7, 11) is 1.89. The van der Waals surface area contributed by atoms with Gasteiger partial charge in [0, 0.05) is 24.7 Å². The maximum atomic E-state index is 9.52. The number of phenols is 1. The monoisotopic (exact) mass is 190 g/mol. The molecular formula is C11H14N2O. The third kappa shape index (κ3) is 1.35. The Morgan fingerprint density at radius 1 is 1.36 bits per heavy atom. The predicted octanol–water partition coefficient (Wildman–Crippen LogP) is 2.40. The topological polar surface area (TPSA) is 38.1 Å². The molecule has 0 atom stereocenters. The van der Waals surface area contributed by atoms with Crippen molar-refractivity contribution in [1.29, 1.82) is 0 Å². The average molecular weight is 190 g/mol. The molecule has 1 aromatic carbocycles. The third-order valence-electron chi connectivity index (χ3n) is 2.38. The Kier molecular flexibility index (Phi) is 1.95. The summed E-state index contributed by atoms with van der Waals surface area (Å²) in [6.45, 7) is 4.22. The van der Waals surface area contributed by atoms with E-state index >= 15 is 0 Å². The first-order chi connectivity index (χ1) is 6.58. The Hall–Kier alpha value is -1.51. The lowest BCUT2D eigenvalue weighted by molar-refractivity contribution is 0.475. The van der Waals surface area contributed by atoms with Gasteiger partial charge in [-0.25, -0.2) is 0 Å². The molecule has 0 aliphatic rings. The van der Waals surface area contributed by atoms with Crippen molar-refractivity contribution in [2.75, 3.05) is 0 Å². The van der Waals surface area contributed by atoms with Gasteiger partial charge in [0.05, 0.1) is 5.52 Å². The Morgan fingerprint density at radius 2 is 2.07 bits per heavy atom. The van der Waals surface area contributed by atoms with Crippen LogP contribution in [0.4, 0.5) is 0 Å². The van der Waals surface area contributed by atoms with Gasteiger partial charge in [0.15, 0.2) is 0 Å². The molecule has 0 spiro atoms. The van der Waals surface area contributed by atoms with Crippen molar-refractivity contribution >= 4 is 10.9 Å². The Labute approximate surface area is 83.0 Å². The number of hydrogen-bond acceptors (Lipinski definition) is 2. The molecular weight excluding hydrogens is 176 g/mol. The van der Waals surface area contributed by atoms with Gasteiger partial charge in [0.2, 0.25) is 0 Å². The van der Waals surface area contributed by atoms with E-state index in [0.29, 0.717) is 11.7 Å². The molecule has 14 heavy (non-hydrogen) atoms. The number of fused-ring (bicyclic) bond motifs is 1. The van der Waals surface area contributed by atoms with Gasteiger partial charge in [-0.15, -0.1) is 0 Å². The van der Waals surface area contributed by atoms with Crippen LogP contribution in [0.25, 0.3) is 10.9 Å². The van der Waals surface area contributed by atoms with E-state index in [9.17, 15) is 5.11 Å². The fraction of sp³-hybridized carbons (Fsp3) is 0.364. The number of benzene rings is 1. The predicted molar refractivity (Wildman–Crippen MR) is 56.5 cm³/mol. The first-order valence-corrected chi connectivity index (χ1v) is 4.74. The van der Waals surface area contributed by atoms with Gasteiger partial charge in [0.1, 0.15) is 5.75 Å². The molecule has 0 fully saturated rings. The minimum atomic E-state index is 0.292. The van der Waals surface area contributed by atoms with E-state index in [0.717, 1.165) is 16.5 Å². The van der Waals surface area contributed by atoms with E-state index in [4.69, 9.17) is 0 Å². The fourth-order valence-corrected chi connectivity index (χ4v) is 1.73. The van der Waals surface area contributed by atoms with Crippen molar-refractivity contribution in [2.45, 2.75) is 19.8 Å². The van der Waals surface area contributed by atoms with Crippen LogP contribution in [0.5, 0.6) is 5.75 Å². The number of aromatic nitrogens is 2. The van der Waals surface area contributed by atoms with Gasteiger partial charge >= 0.3 is 0 Å². The van der Waals surface area contributed by atoms with E-state index in [1.54, 1.807) is 10.7 Å². The van der Waals surface area contributed by atoms with Crippen LogP contribution >= 0.6 is 0 Å². The minimum absolute atomic E-state index is 0.292. The summed E-state index contributed by atoms with van der Waals surface area (Å²) in [5.41, 5.74) is 2.00. The lowest BCUT2D eigenvalue weighted by Gasteiger charge is -2.06. The lowest BCUT2D eigenvalue weighted by atomic mass is 9.99. The van der Waals surface area contributed by atoms with E-state index in [-0.39, 0.29) is 0 Å². The molecule has 0 saturated heterocycles. The number of phenolic OH excluding ortho intramolecular Hbond substituents is 1. The number of nitrogens with zero attached hydrogens (tertiary/aromatic N) is 2. The van der Waals surface area contributed by atoms with Crippen molar-refractivity contribution in [2.24, 2.45) is 7.05 Å². The highest BCUT2D eigenvalue weighted by molar-refractivity contribution is 5.83. The fourth-order valence-electron chi connectivity index (χ4n) is 1.73. The lowest BCUT2D eigenvalue weighted by Crippen LogP contribution is -1.87. The zero-order valence-corrected chi connectivity index (χ0v) is 8.65. The Morgan fingerprint density at radius 3 is 2.71 bits per heavy atom. The molecule has 0 unspecified atom stereocenters. The highest BCUT2D eigenvalue weighted by Crippen LogP contribution is 2.28. The van der Waals surface area contributed by atoms with Crippen LogP contribution in [0.15, 0.2) is 18.3 Å². The molecule has 1 heterocycles. The van der Waals surface area contributed by atoms with Gasteiger partial charge < -0.3 is 5.11 Å². The van der Waals surface area contributed by atoms with Crippen LogP contribution in [-0.4, -0.2) is 14.9 Å². The molecule has 0 aliphatic carbocycles. The smallest absolute Gasteiger partial charge is 0.118 e. The zero-order chi connectivity index (χ0) is 10.3. The van der Waals surface area contributed by atoms with Crippen LogP contribution in [0.1, 0.15) is 25.3 Å². The van der Waals surface area contributed by atoms with E-state index in [1.165, 1.54) is 0 Å². The van der Waals surface area contributed by atoms with Crippen molar-refractivity contribution in [1.82, 2.24) is 9.78 Å². The Bertz CT molecular complexity index is 471. The van der Waals surface area contributed by atoms with E-state index in [2.05, 4.69) is 18.9 Å². The molecule has 0 bridgehead atoms. The maximum Gasteiger partial charge on any atom is 0.118 e. The molecule has 3 nitrogen and oxygen atoms in total. The number of aromatic hydroxyl groups is 1. The standard InChI is InChI=1S/C11H14N2O/c1-7(2)9-4-8(14)5-11-10(9)6-13(3)12-11/h4-7,14H,1-3H3. The molecule has 2 aromatic rings.